The second kappa shape index (κ2) is 6.58. The van der Waals surface area contributed by atoms with E-state index in [0.29, 0.717) is 10.8 Å². The number of amides is 1. The van der Waals surface area contributed by atoms with Gasteiger partial charge in [0.15, 0.2) is 0 Å². The molecule has 1 aromatic carbocycles. The lowest BCUT2D eigenvalue weighted by Gasteiger charge is -2.19. The van der Waals surface area contributed by atoms with Crippen LogP contribution in [-0.4, -0.2) is 29.6 Å². The van der Waals surface area contributed by atoms with E-state index in [1.54, 1.807) is 6.07 Å². The van der Waals surface area contributed by atoms with Crippen LogP contribution in [0.2, 0.25) is 5.02 Å². The molecule has 1 saturated heterocycles. The molecule has 3 nitrogen and oxygen atoms in total. The Hall–Kier alpha value is -1.39. The summed E-state index contributed by atoms with van der Waals surface area (Å²) in [5.74, 6) is 0.962. The molecule has 1 atom stereocenters. The topological polar surface area (TPSA) is 33.5 Å². The fourth-order valence-electron chi connectivity index (χ4n) is 2.53. The molecule has 2 heterocycles. The molecule has 1 aliphatic rings. The molecule has 0 spiro atoms. The first kappa shape index (κ1) is 14.5. The zero-order valence-corrected chi connectivity index (χ0v) is 13.1. The third-order valence-corrected chi connectivity index (χ3v) is 5.30. The van der Waals surface area contributed by atoms with Gasteiger partial charge in [-0.3, -0.25) is 4.79 Å². The molecule has 0 unspecified atom stereocenters. The van der Waals surface area contributed by atoms with Crippen molar-refractivity contribution in [3.63, 3.8) is 0 Å². The first-order chi connectivity index (χ1) is 10.3. The normalized spacial score (nSPS) is 19.3. The zero-order chi connectivity index (χ0) is 14.7. The van der Waals surface area contributed by atoms with Crippen LogP contribution in [0.1, 0.15) is 27.6 Å². The van der Waals surface area contributed by atoms with Crippen LogP contribution in [0.5, 0.6) is 0 Å². The molecule has 1 fully saturated rings. The van der Waals surface area contributed by atoms with Crippen LogP contribution in [0, 0.1) is 0 Å². The number of rotatable bonds is 2. The Balaban J connectivity index is 1.70. The zero-order valence-electron chi connectivity index (χ0n) is 11.5. The summed E-state index contributed by atoms with van der Waals surface area (Å²) in [4.78, 5) is 14.3. The van der Waals surface area contributed by atoms with E-state index in [4.69, 9.17) is 16.0 Å². The Kier molecular flexibility index (Phi) is 4.56. The Morgan fingerprint density at radius 3 is 2.90 bits per heavy atom. The van der Waals surface area contributed by atoms with Gasteiger partial charge in [0.2, 0.25) is 0 Å². The summed E-state index contributed by atoms with van der Waals surface area (Å²) >= 11 is 8.15. The van der Waals surface area contributed by atoms with Crippen molar-refractivity contribution in [1.29, 1.82) is 0 Å². The molecule has 21 heavy (non-hydrogen) atoms. The number of carbonyl (C=O) groups excluding carboxylic acids is 1. The molecule has 0 bridgehead atoms. The van der Waals surface area contributed by atoms with Crippen LogP contribution in [0.15, 0.2) is 47.3 Å². The van der Waals surface area contributed by atoms with Gasteiger partial charge in [-0.15, -0.1) is 0 Å². The fraction of sp³-hybridized carbons (Fsp3) is 0.312. The van der Waals surface area contributed by atoms with Crippen molar-refractivity contribution in [3.8, 4) is 0 Å². The van der Waals surface area contributed by atoms with Crippen LogP contribution in [0.3, 0.4) is 0 Å². The average molecular weight is 322 g/mol. The Labute approximate surface area is 133 Å². The van der Waals surface area contributed by atoms with Crippen molar-refractivity contribution in [3.05, 3.63) is 59.0 Å². The van der Waals surface area contributed by atoms with Crippen molar-refractivity contribution < 1.29 is 9.21 Å². The average Bonchev–Trinajstić information content (AvgIpc) is 2.92. The standard InChI is InChI=1S/C16H16ClNO2S/c17-14-4-2-1-3-13(14)15-5-7-18(8-10-21-15)16(19)12-6-9-20-11-12/h1-4,6,9,11,15H,5,7-8,10H2/t15-/m0/s1. The van der Waals surface area contributed by atoms with Gasteiger partial charge in [0.05, 0.1) is 11.8 Å². The molecule has 1 aliphatic heterocycles. The second-order valence-corrected chi connectivity index (χ2v) is 6.69. The highest BCUT2D eigenvalue weighted by Gasteiger charge is 2.24. The summed E-state index contributed by atoms with van der Waals surface area (Å²) in [5.41, 5.74) is 1.79. The second-order valence-electron chi connectivity index (χ2n) is 4.97. The lowest BCUT2D eigenvalue weighted by molar-refractivity contribution is 0.0766. The summed E-state index contributed by atoms with van der Waals surface area (Å²) in [6.07, 6.45) is 3.95. The summed E-state index contributed by atoms with van der Waals surface area (Å²) in [6.45, 7) is 1.50. The number of thioether (sulfide) groups is 1. The summed E-state index contributed by atoms with van der Waals surface area (Å²) < 4.78 is 4.99. The Bertz CT molecular complexity index is 614. The summed E-state index contributed by atoms with van der Waals surface area (Å²) in [6, 6.07) is 9.68. The van der Waals surface area contributed by atoms with Crippen LogP contribution in [0.25, 0.3) is 0 Å². The summed E-state index contributed by atoms with van der Waals surface area (Å²) in [5, 5.41) is 1.16. The number of hydrogen-bond donors (Lipinski definition) is 0. The van der Waals surface area contributed by atoms with E-state index in [0.717, 1.165) is 30.3 Å². The number of nitrogens with zero attached hydrogens (tertiary/aromatic N) is 1. The van der Waals surface area contributed by atoms with E-state index < -0.39 is 0 Å². The number of hydrogen-bond acceptors (Lipinski definition) is 3. The maximum atomic E-state index is 12.4. The molecule has 0 radical (unpaired) electrons. The van der Waals surface area contributed by atoms with Crippen molar-refractivity contribution in [2.75, 3.05) is 18.8 Å². The number of benzene rings is 1. The monoisotopic (exact) mass is 321 g/mol. The molecule has 1 amide bonds. The van der Waals surface area contributed by atoms with E-state index in [-0.39, 0.29) is 5.91 Å². The van der Waals surface area contributed by atoms with Gasteiger partial charge >= 0.3 is 0 Å². The molecular weight excluding hydrogens is 306 g/mol. The van der Waals surface area contributed by atoms with Gasteiger partial charge in [-0.25, -0.2) is 0 Å². The van der Waals surface area contributed by atoms with E-state index in [2.05, 4.69) is 6.07 Å². The van der Waals surface area contributed by atoms with E-state index in [1.807, 2.05) is 34.9 Å². The van der Waals surface area contributed by atoms with Gasteiger partial charge in [-0.1, -0.05) is 29.8 Å². The molecule has 110 valence electrons. The van der Waals surface area contributed by atoms with Gasteiger partial charge in [0.1, 0.15) is 6.26 Å². The minimum Gasteiger partial charge on any atom is -0.472 e. The lowest BCUT2D eigenvalue weighted by atomic mass is 10.1. The van der Waals surface area contributed by atoms with Crippen molar-refractivity contribution in [2.45, 2.75) is 11.7 Å². The van der Waals surface area contributed by atoms with Gasteiger partial charge in [-0.2, -0.15) is 11.8 Å². The highest BCUT2D eigenvalue weighted by Crippen LogP contribution is 2.37. The van der Waals surface area contributed by atoms with Crippen molar-refractivity contribution >= 4 is 29.3 Å². The molecular formula is C16H16ClNO2S. The van der Waals surface area contributed by atoms with Crippen molar-refractivity contribution in [1.82, 2.24) is 4.90 Å². The first-order valence-corrected chi connectivity index (χ1v) is 8.36. The first-order valence-electron chi connectivity index (χ1n) is 6.93. The molecule has 3 rings (SSSR count). The SMILES string of the molecule is O=C(c1ccoc1)N1CCS[C@H](c2ccccc2Cl)CC1. The lowest BCUT2D eigenvalue weighted by Crippen LogP contribution is -2.32. The number of carbonyl (C=O) groups is 1. The largest absolute Gasteiger partial charge is 0.472 e. The van der Waals surface area contributed by atoms with Gasteiger partial charge in [0, 0.05) is 29.1 Å². The van der Waals surface area contributed by atoms with Gasteiger partial charge < -0.3 is 9.32 Å². The minimum atomic E-state index is 0.0455. The molecule has 2 aromatic rings. The van der Waals surface area contributed by atoms with Crippen LogP contribution in [0.4, 0.5) is 0 Å². The van der Waals surface area contributed by atoms with E-state index in [1.165, 1.54) is 18.1 Å². The number of halogens is 1. The predicted octanol–water partition coefficient (Wildman–Crippen LogP) is 4.25. The molecule has 0 aliphatic carbocycles. The van der Waals surface area contributed by atoms with Crippen LogP contribution >= 0.6 is 23.4 Å². The Morgan fingerprint density at radius 2 is 2.14 bits per heavy atom. The smallest absolute Gasteiger partial charge is 0.257 e. The predicted molar refractivity (Wildman–Crippen MR) is 85.9 cm³/mol. The quantitative estimate of drug-likeness (QED) is 0.829. The van der Waals surface area contributed by atoms with Crippen molar-refractivity contribution in [2.24, 2.45) is 0 Å². The third-order valence-electron chi connectivity index (χ3n) is 3.65. The van der Waals surface area contributed by atoms with Gasteiger partial charge in [-0.05, 0) is 24.1 Å². The Morgan fingerprint density at radius 1 is 1.29 bits per heavy atom. The minimum absolute atomic E-state index is 0.0455. The maximum Gasteiger partial charge on any atom is 0.257 e. The molecule has 5 heteroatoms. The highest BCUT2D eigenvalue weighted by atomic mass is 35.5. The highest BCUT2D eigenvalue weighted by molar-refractivity contribution is 7.99. The maximum absolute atomic E-state index is 12.4. The molecule has 1 aromatic heterocycles. The van der Waals surface area contributed by atoms with Crippen LogP contribution < -0.4 is 0 Å². The third kappa shape index (κ3) is 3.27. The number of furan rings is 1. The summed E-state index contributed by atoms with van der Waals surface area (Å²) in [7, 11) is 0. The van der Waals surface area contributed by atoms with E-state index in [9.17, 15) is 4.79 Å². The van der Waals surface area contributed by atoms with Crippen LogP contribution in [-0.2, 0) is 0 Å². The van der Waals surface area contributed by atoms with E-state index >= 15 is 0 Å². The molecule has 0 saturated carbocycles. The van der Waals surface area contributed by atoms with Gasteiger partial charge in [0.25, 0.3) is 5.91 Å². The fourth-order valence-corrected chi connectivity index (χ4v) is 4.13. The molecule has 0 N–H and O–H groups in total.